The molecule has 0 saturated carbocycles. The molecule has 0 heterocycles. The second-order valence-electron chi connectivity index (χ2n) is 1.90. The van der Waals surface area contributed by atoms with Gasteiger partial charge in [0.2, 0.25) is 0 Å². The molecule has 0 aromatic heterocycles. The second kappa shape index (κ2) is 6.89. The van der Waals surface area contributed by atoms with Crippen molar-refractivity contribution < 1.29 is 18.6 Å². The Morgan fingerprint density at radius 3 is 2.70 bits per heavy atom. The summed E-state index contributed by atoms with van der Waals surface area (Å²) in [4.78, 5) is 0. The van der Waals surface area contributed by atoms with Gasteiger partial charge in [0.1, 0.15) is 6.17 Å². The maximum Gasteiger partial charge on any atom is 0.146 e. The molecular formula is C6H12F2O2. The van der Waals surface area contributed by atoms with E-state index in [-0.39, 0.29) is 19.6 Å². The minimum atomic E-state index is -1.33. The number of halogens is 2. The van der Waals surface area contributed by atoms with E-state index in [0.717, 1.165) is 0 Å². The van der Waals surface area contributed by atoms with Crippen LogP contribution in [0.5, 0.6) is 0 Å². The first-order valence-corrected chi connectivity index (χ1v) is 3.20. The molecule has 0 bridgehead atoms. The first-order chi connectivity index (χ1) is 4.81. The molecule has 0 spiro atoms. The molecule has 0 rings (SSSR count). The van der Waals surface area contributed by atoms with Gasteiger partial charge in [-0.3, -0.25) is 4.39 Å². The summed E-state index contributed by atoms with van der Waals surface area (Å²) in [6.45, 7) is -0.904. The van der Waals surface area contributed by atoms with Crippen LogP contribution in [0.2, 0.25) is 0 Å². The van der Waals surface area contributed by atoms with Gasteiger partial charge in [-0.05, 0) is 6.42 Å². The summed E-state index contributed by atoms with van der Waals surface area (Å²) in [6.07, 6.45) is -1.04. The van der Waals surface area contributed by atoms with E-state index in [9.17, 15) is 8.78 Å². The Bertz CT molecular complexity index is 70.8. The molecule has 62 valence electrons. The van der Waals surface area contributed by atoms with E-state index in [4.69, 9.17) is 5.11 Å². The van der Waals surface area contributed by atoms with Crippen LogP contribution in [-0.2, 0) is 4.74 Å². The molecule has 1 atom stereocenters. The van der Waals surface area contributed by atoms with E-state index in [2.05, 4.69) is 4.74 Å². The molecule has 0 saturated heterocycles. The standard InChI is InChI=1S/C6H12F2O2/c7-2-1-3-10-5-6(8)4-9/h6,9H,1-5H2. The molecular weight excluding hydrogens is 142 g/mol. The van der Waals surface area contributed by atoms with E-state index in [1.165, 1.54) is 0 Å². The van der Waals surface area contributed by atoms with Crippen molar-refractivity contribution in [2.24, 2.45) is 0 Å². The largest absolute Gasteiger partial charge is 0.393 e. The SMILES string of the molecule is OCC(F)COCCCF. The zero-order chi connectivity index (χ0) is 7.82. The molecule has 0 radical (unpaired) electrons. The monoisotopic (exact) mass is 154 g/mol. The Hall–Kier alpha value is -0.220. The van der Waals surface area contributed by atoms with Crippen LogP contribution >= 0.6 is 0 Å². The lowest BCUT2D eigenvalue weighted by molar-refractivity contribution is 0.0494. The molecule has 0 aliphatic carbocycles. The van der Waals surface area contributed by atoms with Gasteiger partial charge >= 0.3 is 0 Å². The molecule has 0 aliphatic rings. The van der Waals surface area contributed by atoms with Gasteiger partial charge < -0.3 is 9.84 Å². The lowest BCUT2D eigenvalue weighted by Gasteiger charge is -2.04. The third kappa shape index (κ3) is 5.91. The van der Waals surface area contributed by atoms with Gasteiger partial charge in [-0.15, -0.1) is 0 Å². The topological polar surface area (TPSA) is 29.5 Å². The highest BCUT2D eigenvalue weighted by Crippen LogP contribution is 1.91. The molecule has 4 heteroatoms. The van der Waals surface area contributed by atoms with Crippen molar-refractivity contribution in [3.63, 3.8) is 0 Å². The molecule has 0 aliphatic heterocycles. The number of hydrogen-bond donors (Lipinski definition) is 1. The summed E-state index contributed by atoms with van der Waals surface area (Å²) in [5.74, 6) is 0. The predicted molar refractivity (Wildman–Crippen MR) is 33.4 cm³/mol. The summed E-state index contributed by atoms with van der Waals surface area (Å²) in [6, 6.07) is 0. The van der Waals surface area contributed by atoms with Crippen LogP contribution in [0.25, 0.3) is 0 Å². The Kier molecular flexibility index (Phi) is 6.74. The molecule has 1 N–H and O–H groups in total. The first-order valence-electron chi connectivity index (χ1n) is 3.20. The normalized spacial score (nSPS) is 13.5. The fourth-order valence-corrected chi connectivity index (χ4v) is 0.421. The van der Waals surface area contributed by atoms with Crippen LogP contribution in [-0.4, -0.2) is 37.8 Å². The fraction of sp³-hybridized carbons (Fsp3) is 1.00. The van der Waals surface area contributed by atoms with E-state index >= 15 is 0 Å². The molecule has 10 heavy (non-hydrogen) atoms. The van der Waals surface area contributed by atoms with Gasteiger partial charge in [0.15, 0.2) is 0 Å². The highest BCUT2D eigenvalue weighted by Gasteiger charge is 2.02. The third-order valence-corrected chi connectivity index (χ3v) is 0.919. The van der Waals surface area contributed by atoms with Gasteiger partial charge in [-0.25, -0.2) is 4.39 Å². The average Bonchev–Trinajstić information content (AvgIpc) is 1.98. The van der Waals surface area contributed by atoms with Crippen molar-refractivity contribution in [1.29, 1.82) is 0 Å². The number of ether oxygens (including phenoxy) is 1. The molecule has 0 aromatic rings. The third-order valence-electron chi connectivity index (χ3n) is 0.919. The highest BCUT2D eigenvalue weighted by molar-refractivity contribution is 4.49. The van der Waals surface area contributed by atoms with Gasteiger partial charge in [0.25, 0.3) is 0 Å². The fourth-order valence-electron chi connectivity index (χ4n) is 0.421. The Balaban J connectivity index is 2.89. The van der Waals surface area contributed by atoms with Crippen molar-refractivity contribution in [2.75, 3.05) is 26.5 Å². The van der Waals surface area contributed by atoms with Crippen LogP contribution < -0.4 is 0 Å². The van der Waals surface area contributed by atoms with Crippen LogP contribution in [0.4, 0.5) is 8.78 Å². The Morgan fingerprint density at radius 2 is 2.20 bits per heavy atom. The van der Waals surface area contributed by atoms with Crippen LogP contribution in [0.3, 0.4) is 0 Å². The van der Waals surface area contributed by atoms with Gasteiger partial charge in [-0.2, -0.15) is 0 Å². The lowest BCUT2D eigenvalue weighted by Crippen LogP contribution is -2.15. The summed E-state index contributed by atoms with van der Waals surface area (Å²) in [5, 5.41) is 8.16. The molecule has 2 nitrogen and oxygen atoms in total. The van der Waals surface area contributed by atoms with Crippen molar-refractivity contribution in [3.05, 3.63) is 0 Å². The number of aliphatic hydroxyl groups is 1. The quantitative estimate of drug-likeness (QED) is 0.570. The molecule has 0 aromatic carbocycles. The van der Waals surface area contributed by atoms with E-state index in [1.807, 2.05) is 0 Å². The molecule has 0 amide bonds. The van der Waals surface area contributed by atoms with Gasteiger partial charge in [0.05, 0.1) is 19.9 Å². The van der Waals surface area contributed by atoms with Crippen molar-refractivity contribution in [2.45, 2.75) is 12.6 Å². The van der Waals surface area contributed by atoms with Crippen LogP contribution in [0, 0.1) is 0 Å². The van der Waals surface area contributed by atoms with Crippen molar-refractivity contribution >= 4 is 0 Å². The second-order valence-corrected chi connectivity index (χ2v) is 1.90. The zero-order valence-electron chi connectivity index (χ0n) is 5.72. The number of hydrogen-bond acceptors (Lipinski definition) is 2. The minimum Gasteiger partial charge on any atom is -0.393 e. The Labute approximate surface area is 58.8 Å². The van der Waals surface area contributed by atoms with Gasteiger partial charge in [-0.1, -0.05) is 0 Å². The van der Waals surface area contributed by atoms with Gasteiger partial charge in [0, 0.05) is 6.61 Å². The van der Waals surface area contributed by atoms with Crippen LogP contribution in [0.15, 0.2) is 0 Å². The van der Waals surface area contributed by atoms with Crippen LogP contribution in [0.1, 0.15) is 6.42 Å². The van der Waals surface area contributed by atoms with E-state index in [1.54, 1.807) is 0 Å². The number of rotatable bonds is 6. The van der Waals surface area contributed by atoms with E-state index < -0.39 is 19.5 Å². The average molecular weight is 154 g/mol. The maximum atomic E-state index is 12.1. The maximum absolute atomic E-state index is 12.1. The van der Waals surface area contributed by atoms with Crippen molar-refractivity contribution in [3.8, 4) is 0 Å². The molecule has 1 unspecified atom stereocenters. The minimum absolute atomic E-state index is 0.142. The van der Waals surface area contributed by atoms with E-state index in [0.29, 0.717) is 0 Å². The smallest absolute Gasteiger partial charge is 0.146 e. The highest BCUT2D eigenvalue weighted by atomic mass is 19.1. The van der Waals surface area contributed by atoms with Crippen molar-refractivity contribution in [1.82, 2.24) is 0 Å². The first kappa shape index (κ1) is 9.78. The zero-order valence-corrected chi connectivity index (χ0v) is 5.72. The summed E-state index contributed by atoms with van der Waals surface area (Å²) < 4.78 is 28.1. The summed E-state index contributed by atoms with van der Waals surface area (Å²) in [7, 11) is 0. The number of aliphatic hydroxyl groups excluding tert-OH is 1. The summed E-state index contributed by atoms with van der Waals surface area (Å²) >= 11 is 0. The lowest BCUT2D eigenvalue weighted by atomic mass is 10.4. The summed E-state index contributed by atoms with van der Waals surface area (Å²) in [5.41, 5.74) is 0. The predicted octanol–water partition coefficient (Wildman–Crippen LogP) is 0.693. The molecule has 0 fully saturated rings. The number of alkyl halides is 2. The Morgan fingerprint density at radius 1 is 1.50 bits per heavy atom.